The van der Waals surface area contributed by atoms with Crippen molar-refractivity contribution >= 4 is 11.6 Å². The average Bonchev–Trinajstić information content (AvgIpc) is 2.80. The highest BCUT2D eigenvalue weighted by Gasteiger charge is 2.10. The zero-order chi connectivity index (χ0) is 20.1. The Morgan fingerprint density at radius 3 is 1.69 bits per heavy atom. The molecule has 0 atom stereocenters. The summed E-state index contributed by atoms with van der Waals surface area (Å²) in [6.07, 6.45) is 0.449. The molecule has 4 rings (SSSR count). The van der Waals surface area contributed by atoms with Crippen molar-refractivity contribution in [1.29, 1.82) is 0 Å². The number of carbonyl (C=O) groups excluding carboxylic acids is 1. The van der Waals surface area contributed by atoms with Crippen LogP contribution in [-0.4, -0.2) is 5.91 Å². The van der Waals surface area contributed by atoms with Crippen LogP contribution >= 0.6 is 0 Å². The Labute approximate surface area is 171 Å². The summed E-state index contributed by atoms with van der Waals surface area (Å²) in [5.74, 6) is 0.0127. The maximum Gasteiger partial charge on any atom is 0.224 e. The molecule has 2 nitrogen and oxygen atoms in total. The Morgan fingerprint density at radius 1 is 0.621 bits per heavy atom. The molecular weight excluding hydrogens is 354 g/mol. The van der Waals surface area contributed by atoms with Crippen LogP contribution in [0.2, 0.25) is 0 Å². The minimum absolute atomic E-state index is 0.0127. The van der Waals surface area contributed by atoms with Crippen molar-refractivity contribution in [1.82, 2.24) is 0 Å². The highest BCUT2D eigenvalue weighted by Crippen LogP contribution is 2.33. The largest absolute Gasteiger partial charge is 0.326 e. The Kier molecular flexibility index (Phi) is 5.53. The molecule has 0 aliphatic heterocycles. The van der Waals surface area contributed by atoms with Crippen molar-refractivity contribution in [2.45, 2.75) is 13.3 Å². The molecule has 4 aromatic rings. The molecule has 0 saturated carbocycles. The van der Waals surface area contributed by atoms with Crippen molar-refractivity contribution in [2.75, 3.05) is 5.32 Å². The fourth-order valence-electron chi connectivity index (χ4n) is 3.42. The third-order valence-electron chi connectivity index (χ3n) is 5.02. The minimum atomic E-state index is 0.0127. The van der Waals surface area contributed by atoms with Gasteiger partial charge >= 0.3 is 0 Å². The second kappa shape index (κ2) is 8.57. The van der Waals surface area contributed by atoms with Gasteiger partial charge in [0.2, 0.25) is 5.91 Å². The molecule has 0 unspecified atom stereocenters. The van der Waals surface area contributed by atoms with Crippen molar-refractivity contribution in [3.63, 3.8) is 0 Å². The third kappa shape index (κ3) is 4.27. The van der Waals surface area contributed by atoms with E-state index in [1.54, 1.807) is 0 Å². The van der Waals surface area contributed by atoms with Crippen molar-refractivity contribution in [3.8, 4) is 33.4 Å². The minimum Gasteiger partial charge on any atom is -0.326 e. The lowest BCUT2D eigenvalue weighted by Crippen LogP contribution is -2.10. The first-order valence-electron chi connectivity index (χ1n) is 9.90. The number of nitrogens with one attached hydrogen (secondary N) is 1. The summed E-state index contributed by atoms with van der Waals surface area (Å²) >= 11 is 0. The van der Waals surface area contributed by atoms with Gasteiger partial charge in [0.15, 0.2) is 0 Å². The van der Waals surface area contributed by atoms with Crippen molar-refractivity contribution in [2.24, 2.45) is 0 Å². The summed E-state index contributed by atoms with van der Waals surface area (Å²) in [5, 5.41) is 3.07. The quantitative estimate of drug-likeness (QED) is 0.397. The van der Waals surface area contributed by atoms with E-state index in [1.807, 2.05) is 43.3 Å². The molecule has 142 valence electrons. The molecule has 1 amide bonds. The van der Waals surface area contributed by atoms with Crippen LogP contribution in [0, 0.1) is 0 Å². The van der Waals surface area contributed by atoms with Gasteiger partial charge in [-0.25, -0.2) is 0 Å². The Hall–Kier alpha value is -3.65. The Balaban J connectivity index is 1.71. The predicted octanol–water partition coefficient (Wildman–Crippen LogP) is 7.04. The molecule has 2 heteroatoms. The fourth-order valence-corrected chi connectivity index (χ4v) is 3.42. The SMILES string of the molecule is CCC(=O)Nc1cc(-c2ccc(-c3ccccc3)cc2)ccc1-c1ccccc1. The molecule has 0 radical (unpaired) electrons. The smallest absolute Gasteiger partial charge is 0.224 e. The van der Waals surface area contributed by atoms with Gasteiger partial charge < -0.3 is 5.32 Å². The van der Waals surface area contributed by atoms with Crippen LogP contribution in [0.3, 0.4) is 0 Å². The van der Waals surface area contributed by atoms with Gasteiger partial charge in [-0.2, -0.15) is 0 Å². The molecular formula is C27H23NO. The molecule has 1 N–H and O–H groups in total. The Morgan fingerprint density at radius 2 is 1.10 bits per heavy atom. The number of rotatable bonds is 5. The van der Waals surface area contributed by atoms with Crippen LogP contribution in [-0.2, 0) is 4.79 Å². The highest BCUT2D eigenvalue weighted by molar-refractivity contribution is 5.96. The van der Waals surface area contributed by atoms with E-state index in [9.17, 15) is 4.79 Å². The van der Waals surface area contributed by atoms with Crippen LogP contribution < -0.4 is 5.32 Å². The lowest BCUT2D eigenvalue weighted by Gasteiger charge is -2.14. The average molecular weight is 377 g/mol. The summed E-state index contributed by atoms with van der Waals surface area (Å²) in [5.41, 5.74) is 7.55. The molecule has 0 saturated heterocycles. The van der Waals surface area contributed by atoms with Crippen LogP contribution in [0.15, 0.2) is 103 Å². The van der Waals surface area contributed by atoms with Gasteiger partial charge in [0.1, 0.15) is 0 Å². The van der Waals surface area contributed by atoms with Crippen LogP contribution in [0.1, 0.15) is 13.3 Å². The van der Waals surface area contributed by atoms with Gasteiger partial charge in [0.25, 0.3) is 0 Å². The van der Waals surface area contributed by atoms with Crippen molar-refractivity contribution < 1.29 is 4.79 Å². The summed E-state index contributed by atoms with van der Waals surface area (Å²) in [6.45, 7) is 1.86. The van der Waals surface area contributed by atoms with E-state index < -0.39 is 0 Å². The topological polar surface area (TPSA) is 29.1 Å². The summed E-state index contributed by atoms with van der Waals surface area (Å²) in [4.78, 5) is 12.1. The summed E-state index contributed by atoms with van der Waals surface area (Å²) in [7, 11) is 0. The van der Waals surface area contributed by atoms with E-state index in [4.69, 9.17) is 0 Å². The predicted molar refractivity (Wildman–Crippen MR) is 122 cm³/mol. The van der Waals surface area contributed by atoms with E-state index in [-0.39, 0.29) is 5.91 Å². The fraction of sp³-hybridized carbons (Fsp3) is 0.0741. The molecule has 0 bridgehead atoms. The second-order valence-electron chi connectivity index (χ2n) is 6.97. The lowest BCUT2D eigenvalue weighted by atomic mass is 9.96. The summed E-state index contributed by atoms with van der Waals surface area (Å²) < 4.78 is 0. The zero-order valence-electron chi connectivity index (χ0n) is 16.4. The normalized spacial score (nSPS) is 10.5. The third-order valence-corrected chi connectivity index (χ3v) is 5.02. The maximum atomic E-state index is 12.1. The lowest BCUT2D eigenvalue weighted by molar-refractivity contribution is -0.115. The van der Waals surface area contributed by atoms with E-state index in [0.29, 0.717) is 6.42 Å². The van der Waals surface area contributed by atoms with E-state index in [2.05, 4.69) is 72.0 Å². The molecule has 0 heterocycles. The van der Waals surface area contributed by atoms with Crippen LogP contribution in [0.5, 0.6) is 0 Å². The standard InChI is InChI=1S/C27H23NO/c1-2-27(29)28-26-19-24(17-18-25(26)23-11-7-4-8-12-23)22-15-13-21(14-16-22)20-9-5-3-6-10-20/h3-19H,2H2,1H3,(H,28,29). The molecule has 0 aliphatic rings. The van der Waals surface area contributed by atoms with Gasteiger partial charge in [0.05, 0.1) is 0 Å². The molecule has 0 fully saturated rings. The molecule has 4 aromatic carbocycles. The number of benzene rings is 4. The number of amides is 1. The van der Waals surface area contributed by atoms with E-state index >= 15 is 0 Å². The monoisotopic (exact) mass is 377 g/mol. The second-order valence-corrected chi connectivity index (χ2v) is 6.97. The molecule has 29 heavy (non-hydrogen) atoms. The summed E-state index contributed by atoms with van der Waals surface area (Å²) in [6, 6.07) is 35.3. The molecule has 0 aliphatic carbocycles. The van der Waals surface area contributed by atoms with Gasteiger partial charge in [-0.05, 0) is 33.9 Å². The number of anilines is 1. The van der Waals surface area contributed by atoms with E-state index in [0.717, 1.165) is 27.9 Å². The van der Waals surface area contributed by atoms with Crippen LogP contribution in [0.25, 0.3) is 33.4 Å². The van der Waals surface area contributed by atoms with Gasteiger partial charge in [-0.3, -0.25) is 4.79 Å². The number of hydrogen-bond acceptors (Lipinski definition) is 1. The maximum absolute atomic E-state index is 12.1. The molecule has 0 aromatic heterocycles. The van der Waals surface area contributed by atoms with Gasteiger partial charge in [-0.1, -0.05) is 104 Å². The van der Waals surface area contributed by atoms with E-state index in [1.165, 1.54) is 11.1 Å². The van der Waals surface area contributed by atoms with Gasteiger partial charge in [0, 0.05) is 17.7 Å². The highest BCUT2D eigenvalue weighted by atomic mass is 16.1. The number of hydrogen-bond donors (Lipinski definition) is 1. The Bertz CT molecular complexity index is 1100. The molecule has 0 spiro atoms. The van der Waals surface area contributed by atoms with Crippen molar-refractivity contribution in [3.05, 3.63) is 103 Å². The first kappa shape index (κ1) is 18.7. The number of carbonyl (C=O) groups is 1. The first-order valence-corrected chi connectivity index (χ1v) is 9.90. The first-order chi connectivity index (χ1) is 14.2. The van der Waals surface area contributed by atoms with Gasteiger partial charge in [-0.15, -0.1) is 0 Å². The van der Waals surface area contributed by atoms with Crippen LogP contribution in [0.4, 0.5) is 5.69 Å². The zero-order valence-corrected chi connectivity index (χ0v) is 16.4.